The van der Waals surface area contributed by atoms with Crippen molar-refractivity contribution >= 4 is 33.1 Å². The van der Waals surface area contributed by atoms with E-state index in [0.29, 0.717) is 6.04 Å². The minimum absolute atomic E-state index is 0.0974. The molecular formula is C46H34N4. The van der Waals surface area contributed by atoms with Crippen molar-refractivity contribution in [2.75, 3.05) is 4.90 Å². The van der Waals surface area contributed by atoms with Crippen LogP contribution in [0.4, 0.5) is 5.69 Å². The van der Waals surface area contributed by atoms with Crippen molar-refractivity contribution in [1.29, 1.82) is 0 Å². The van der Waals surface area contributed by atoms with Gasteiger partial charge in [0.1, 0.15) is 0 Å². The third kappa shape index (κ3) is 4.52. The SMILES string of the molecule is C1=CCC(N2c3ccccc3C3=CC=CC(c4cccc(-c5cccc(-c6cccc7c8ccccc8n(-c8ccccc8)c67)n5)n4)C32)C=C1. The lowest BCUT2D eigenvalue weighted by atomic mass is 9.84. The van der Waals surface area contributed by atoms with Crippen LogP contribution in [0.5, 0.6) is 0 Å². The number of nitrogens with zero attached hydrogens (tertiary/aromatic N) is 4. The first-order valence-electron chi connectivity index (χ1n) is 17.5. The van der Waals surface area contributed by atoms with Gasteiger partial charge in [0.15, 0.2) is 0 Å². The number of para-hydroxylation sites is 4. The molecule has 7 aromatic rings. The number of benzene rings is 4. The van der Waals surface area contributed by atoms with Crippen molar-refractivity contribution in [1.82, 2.24) is 14.5 Å². The summed E-state index contributed by atoms with van der Waals surface area (Å²) in [6.45, 7) is 0. The maximum atomic E-state index is 5.36. The molecule has 3 unspecified atom stereocenters. The molecule has 10 rings (SSSR count). The predicted molar refractivity (Wildman–Crippen MR) is 206 cm³/mol. The van der Waals surface area contributed by atoms with Crippen molar-refractivity contribution in [3.05, 3.63) is 187 Å². The molecule has 4 heteroatoms. The largest absolute Gasteiger partial charge is 0.356 e. The summed E-state index contributed by atoms with van der Waals surface area (Å²) in [5.41, 5.74) is 12.3. The number of aromatic nitrogens is 3. The Kier molecular flexibility index (Phi) is 6.73. The van der Waals surface area contributed by atoms with Gasteiger partial charge in [-0.05, 0) is 60.5 Å². The molecule has 3 aromatic heterocycles. The molecule has 50 heavy (non-hydrogen) atoms. The van der Waals surface area contributed by atoms with E-state index in [1.165, 1.54) is 33.1 Å². The molecule has 1 aliphatic heterocycles. The van der Waals surface area contributed by atoms with E-state index in [1.807, 2.05) is 0 Å². The van der Waals surface area contributed by atoms with E-state index in [1.54, 1.807) is 0 Å². The summed E-state index contributed by atoms with van der Waals surface area (Å²) in [5.74, 6) is 0.0974. The van der Waals surface area contributed by atoms with Gasteiger partial charge in [0.25, 0.3) is 0 Å². The van der Waals surface area contributed by atoms with Gasteiger partial charge in [0.05, 0.1) is 45.9 Å². The van der Waals surface area contributed by atoms with E-state index in [9.17, 15) is 0 Å². The fraction of sp³-hybridized carbons (Fsp3) is 0.0870. The van der Waals surface area contributed by atoms with Crippen LogP contribution >= 0.6 is 0 Å². The zero-order chi connectivity index (χ0) is 33.0. The highest BCUT2D eigenvalue weighted by atomic mass is 15.2. The maximum absolute atomic E-state index is 5.36. The monoisotopic (exact) mass is 642 g/mol. The Morgan fingerprint density at radius 2 is 1.30 bits per heavy atom. The van der Waals surface area contributed by atoms with Crippen LogP contribution in [0.25, 0.3) is 55.7 Å². The lowest BCUT2D eigenvalue weighted by molar-refractivity contribution is 0.592. The van der Waals surface area contributed by atoms with Crippen LogP contribution < -0.4 is 4.90 Å². The van der Waals surface area contributed by atoms with Gasteiger partial charge in [-0.25, -0.2) is 4.98 Å². The van der Waals surface area contributed by atoms with E-state index < -0.39 is 0 Å². The summed E-state index contributed by atoms with van der Waals surface area (Å²) < 4.78 is 2.37. The van der Waals surface area contributed by atoms with Gasteiger partial charge in [-0.2, -0.15) is 0 Å². The first-order valence-corrected chi connectivity index (χ1v) is 17.5. The van der Waals surface area contributed by atoms with Gasteiger partial charge in [-0.3, -0.25) is 4.98 Å². The van der Waals surface area contributed by atoms with Crippen LogP contribution in [-0.2, 0) is 0 Å². The van der Waals surface area contributed by atoms with Gasteiger partial charge >= 0.3 is 0 Å². The molecule has 4 aromatic carbocycles. The highest BCUT2D eigenvalue weighted by Gasteiger charge is 2.42. The predicted octanol–water partition coefficient (Wildman–Crippen LogP) is 10.7. The lowest BCUT2D eigenvalue weighted by Crippen LogP contribution is -2.43. The summed E-state index contributed by atoms with van der Waals surface area (Å²) in [5, 5.41) is 2.45. The third-order valence-corrected chi connectivity index (χ3v) is 10.5. The Hall–Kier alpha value is -6.26. The normalized spacial score (nSPS) is 19.2. The van der Waals surface area contributed by atoms with Crippen molar-refractivity contribution < 1.29 is 0 Å². The van der Waals surface area contributed by atoms with Crippen LogP contribution in [0.1, 0.15) is 23.6 Å². The minimum atomic E-state index is 0.0974. The number of rotatable bonds is 5. The molecule has 0 radical (unpaired) electrons. The quantitative estimate of drug-likeness (QED) is 0.187. The van der Waals surface area contributed by atoms with E-state index in [-0.39, 0.29) is 12.0 Å². The molecule has 0 N–H and O–H groups in total. The van der Waals surface area contributed by atoms with Crippen molar-refractivity contribution in [3.8, 4) is 28.3 Å². The van der Waals surface area contributed by atoms with E-state index in [2.05, 4.69) is 185 Å². The Labute approximate surface area is 291 Å². The Balaban J connectivity index is 1.07. The molecule has 0 fully saturated rings. The summed E-state index contributed by atoms with van der Waals surface area (Å²) in [6.07, 6.45) is 16.8. The zero-order valence-corrected chi connectivity index (χ0v) is 27.5. The molecule has 0 amide bonds. The molecule has 4 nitrogen and oxygen atoms in total. The second-order valence-electron chi connectivity index (χ2n) is 13.3. The summed E-state index contributed by atoms with van der Waals surface area (Å²) in [7, 11) is 0. The Bertz CT molecular complexity index is 2550. The van der Waals surface area contributed by atoms with Crippen LogP contribution in [-0.4, -0.2) is 26.6 Å². The minimum Gasteiger partial charge on any atom is -0.356 e. The average Bonchev–Trinajstić information content (AvgIpc) is 3.72. The Morgan fingerprint density at radius 1 is 0.560 bits per heavy atom. The molecule has 2 aliphatic carbocycles. The van der Waals surface area contributed by atoms with E-state index in [4.69, 9.17) is 9.97 Å². The van der Waals surface area contributed by atoms with Gasteiger partial charge in [-0.15, -0.1) is 0 Å². The molecule has 3 atom stereocenters. The van der Waals surface area contributed by atoms with Crippen molar-refractivity contribution in [2.24, 2.45) is 0 Å². The molecule has 0 spiro atoms. The molecule has 4 heterocycles. The summed E-state index contributed by atoms with van der Waals surface area (Å²) in [6, 6.07) is 47.9. The zero-order valence-electron chi connectivity index (χ0n) is 27.5. The first-order chi connectivity index (χ1) is 24.8. The summed E-state index contributed by atoms with van der Waals surface area (Å²) >= 11 is 0. The average molecular weight is 643 g/mol. The fourth-order valence-corrected chi connectivity index (χ4v) is 8.34. The van der Waals surface area contributed by atoms with E-state index >= 15 is 0 Å². The topological polar surface area (TPSA) is 34.0 Å². The first kappa shape index (κ1) is 28.7. The number of allylic oxidation sites excluding steroid dienone is 4. The van der Waals surface area contributed by atoms with Crippen LogP contribution in [0.2, 0.25) is 0 Å². The highest BCUT2D eigenvalue weighted by molar-refractivity contribution is 6.13. The molecule has 3 aliphatic rings. The smallest absolute Gasteiger partial charge is 0.0893 e. The van der Waals surface area contributed by atoms with Gasteiger partial charge in [0.2, 0.25) is 0 Å². The van der Waals surface area contributed by atoms with Crippen molar-refractivity contribution in [2.45, 2.75) is 24.4 Å². The van der Waals surface area contributed by atoms with Gasteiger partial charge < -0.3 is 9.47 Å². The molecule has 0 bridgehead atoms. The molecule has 238 valence electrons. The third-order valence-electron chi connectivity index (χ3n) is 10.5. The highest BCUT2D eigenvalue weighted by Crippen LogP contribution is 2.49. The van der Waals surface area contributed by atoms with E-state index in [0.717, 1.165) is 46.0 Å². The van der Waals surface area contributed by atoms with Crippen molar-refractivity contribution in [3.63, 3.8) is 0 Å². The standard InChI is InChI=1S/C46H34N4/c1-3-15-31(16-4-1)49-43-29-9-7-19-33(43)35-21-11-23-37(45(35)49)39-25-13-27-41(47-39)42-28-14-26-40(48-42)38-24-12-22-36-34-20-8-10-30-44(34)50(46(36)38)32-17-5-2-6-18-32/h1-17,19-30,32,38,46H,18H2. The second-order valence-corrected chi connectivity index (χ2v) is 13.3. The number of anilines is 1. The summed E-state index contributed by atoms with van der Waals surface area (Å²) in [4.78, 5) is 13.3. The maximum Gasteiger partial charge on any atom is 0.0893 e. The fourth-order valence-electron chi connectivity index (χ4n) is 8.34. The lowest BCUT2D eigenvalue weighted by Gasteiger charge is -2.38. The number of hydrogen-bond donors (Lipinski definition) is 0. The second kappa shape index (κ2) is 11.7. The van der Waals surface area contributed by atoms with Gasteiger partial charge in [-0.1, -0.05) is 127 Å². The number of fused-ring (bicyclic) bond motifs is 6. The number of hydrogen-bond acceptors (Lipinski definition) is 3. The van der Waals surface area contributed by atoms with Crippen LogP contribution in [0.15, 0.2) is 176 Å². The molecule has 0 saturated carbocycles. The van der Waals surface area contributed by atoms with Gasteiger partial charge in [0, 0.05) is 39.2 Å². The molecule has 0 saturated heterocycles. The molecular weight excluding hydrogens is 609 g/mol. The number of pyridine rings is 2. The Morgan fingerprint density at radius 3 is 2.20 bits per heavy atom. The van der Waals surface area contributed by atoms with Crippen LogP contribution in [0, 0.1) is 0 Å². The van der Waals surface area contributed by atoms with Crippen LogP contribution in [0.3, 0.4) is 0 Å².